The molecule has 1 aromatic heterocycles. The van der Waals surface area contributed by atoms with Gasteiger partial charge in [0, 0.05) is 29.2 Å². The highest BCUT2D eigenvalue weighted by atomic mass is 35.5. The number of aromatic nitrogens is 1. The van der Waals surface area contributed by atoms with Crippen LogP contribution in [0, 0.1) is 5.82 Å². The number of amides is 1. The SMILES string of the molecule is CC(C)(C)NC(=O)c1cccnc1C[C@H](O)[C@H](N)Cc1cc(F)ccc1Cl.Cl. The van der Waals surface area contributed by atoms with Gasteiger partial charge in [0.2, 0.25) is 0 Å². The quantitative estimate of drug-likeness (QED) is 0.656. The molecule has 1 amide bonds. The molecule has 0 spiro atoms. The first-order chi connectivity index (χ1) is 12.6. The Balaban J connectivity index is 0.00000392. The molecular formula is C20H26Cl2FN3O2. The van der Waals surface area contributed by atoms with Crippen LogP contribution in [0.3, 0.4) is 0 Å². The van der Waals surface area contributed by atoms with E-state index >= 15 is 0 Å². The first-order valence-electron chi connectivity index (χ1n) is 8.71. The van der Waals surface area contributed by atoms with Crippen LogP contribution in [0.5, 0.6) is 0 Å². The molecule has 5 nitrogen and oxygen atoms in total. The monoisotopic (exact) mass is 429 g/mol. The molecule has 0 radical (unpaired) electrons. The maximum Gasteiger partial charge on any atom is 0.253 e. The average molecular weight is 430 g/mol. The fourth-order valence-electron chi connectivity index (χ4n) is 2.65. The zero-order valence-corrected chi connectivity index (χ0v) is 17.6. The summed E-state index contributed by atoms with van der Waals surface area (Å²) in [6.07, 6.45) is 0.890. The Hall–Kier alpha value is -1.73. The minimum Gasteiger partial charge on any atom is -0.391 e. The standard InChI is InChI=1S/C20H25ClFN3O2.ClH/c1-20(2,3)25-19(27)14-5-4-8-24-17(14)11-18(26)16(23)10-12-9-13(22)6-7-15(12)21;/h4-9,16,18,26H,10-11,23H2,1-3H3,(H,25,27);1H/t16-,18+;/m1./s1. The molecule has 0 saturated heterocycles. The summed E-state index contributed by atoms with van der Waals surface area (Å²) in [4.78, 5) is 16.7. The molecule has 8 heteroatoms. The summed E-state index contributed by atoms with van der Waals surface area (Å²) in [6.45, 7) is 5.65. The van der Waals surface area contributed by atoms with Crippen LogP contribution < -0.4 is 11.1 Å². The summed E-state index contributed by atoms with van der Waals surface area (Å²) in [5.74, 6) is -0.679. The molecule has 0 aliphatic heterocycles. The Morgan fingerprint density at radius 3 is 2.64 bits per heavy atom. The topological polar surface area (TPSA) is 88.2 Å². The van der Waals surface area contributed by atoms with Crippen molar-refractivity contribution in [1.29, 1.82) is 0 Å². The van der Waals surface area contributed by atoms with E-state index in [4.69, 9.17) is 17.3 Å². The summed E-state index contributed by atoms with van der Waals surface area (Å²) < 4.78 is 13.4. The van der Waals surface area contributed by atoms with Gasteiger partial charge < -0.3 is 16.2 Å². The lowest BCUT2D eigenvalue weighted by Crippen LogP contribution is -2.42. The Bertz CT molecular complexity index is 812. The van der Waals surface area contributed by atoms with Crippen LogP contribution >= 0.6 is 24.0 Å². The van der Waals surface area contributed by atoms with Gasteiger partial charge in [-0.2, -0.15) is 0 Å². The first kappa shape index (κ1) is 24.3. The van der Waals surface area contributed by atoms with E-state index in [1.807, 2.05) is 20.8 Å². The molecule has 2 rings (SSSR count). The number of hydrogen-bond donors (Lipinski definition) is 3. The van der Waals surface area contributed by atoms with E-state index in [2.05, 4.69) is 10.3 Å². The summed E-state index contributed by atoms with van der Waals surface area (Å²) in [5, 5.41) is 13.8. The largest absolute Gasteiger partial charge is 0.391 e. The lowest BCUT2D eigenvalue weighted by Gasteiger charge is -2.23. The highest BCUT2D eigenvalue weighted by Gasteiger charge is 2.23. The molecule has 0 aliphatic carbocycles. The van der Waals surface area contributed by atoms with Gasteiger partial charge in [0.15, 0.2) is 0 Å². The van der Waals surface area contributed by atoms with Gasteiger partial charge in [-0.3, -0.25) is 9.78 Å². The van der Waals surface area contributed by atoms with Gasteiger partial charge in [-0.15, -0.1) is 12.4 Å². The van der Waals surface area contributed by atoms with Gasteiger partial charge in [0.25, 0.3) is 5.91 Å². The van der Waals surface area contributed by atoms with Crippen molar-refractivity contribution in [2.24, 2.45) is 5.73 Å². The highest BCUT2D eigenvalue weighted by molar-refractivity contribution is 6.31. The second kappa shape index (κ2) is 10.2. The number of rotatable bonds is 6. The van der Waals surface area contributed by atoms with E-state index in [0.29, 0.717) is 21.8 Å². The van der Waals surface area contributed by atoms with E-state index in [-0.39, 0.29) is 31.2 Å². The lowest BCUT2D eigenvalue weighted by molar-refractivity contribution is 0.0916. The van der Waals surface area contributed by atoms with E-state index < -0.39 is 23.5 Å². The first-order valence-corrected chi connectivity index (χ1v) is 9.08. The van der Waals surface area contributed by atoms with Crippen molar-refractivity contribution < 1.29 is 14.3 Å². The zero-order valence-electron chi connectivity index (χ0n) is 16.1. The van der Waals surface area contributed by atoms with Gasteiger partial charge in [0.05, 0.1) is 17.4 Å². The molecule has 0 unspecified atom stereocenters. The van der Waals surface area contributed by atoms with Crippen LogP contribution in [0.15, 0.2) is 36.5 Å². The molecule has 4 N–H and O–H groups in total. The highest BCUT2D eigenvalue weighted by Crippen LogP contribution is 2.20. The molecule has 1 heterocycles. The van der Waals surface area contributed by atoms with Crippen molar-refractivity contribution >= 4 is 29.9 Å². The summed E-state index contributed by atoms with van der Waals surface area (Å²) in [6, 6.07) is 6.66. The Morgan fingerprint density at radius 2 is 2.00 bits per heavy atom. The van der Waals surface area contributed by atoms with Crippen molar-refractivity contribution in [3.05, 3.63) is 64.2 Å². The summed E-state index contributed by atoms with van der Waals surface area (Å²) >= 11 is 6.06. The van der Waals surface area contributed by atoms with E-state index in [1.54, 1.807) is 18.3 Å². The van der Waals surface area contributed by atoms with Crippen molar-refractivity contribution in [1.82, 2.24) is 10.3 Å². The molecule has 0 fully saturated rings. The molecule has 154 valence electrons. The normalized spacial score (nSPS) is 13.4. The van der Waals surface area contributed by atoms with Crippen LogP contribution in [-0.4, -0.2) is 33.7 Å². The minimum atomic E-state index is -0.972. The predicted octanol–water partition coefficient (Wildman–Crippen LogP) is 3.30. The number of aliphatic hydroxyl groups excluding tert-OH is 1. The van der Waals surface area contributed by atoms with Gasteiger partial charge in [-0.25, -0.2) is 4.39 Å². The van der Waals surface area contributed by atoms with E-state index in [1.165, 1.54) is 18.2 Å². The lowest BCUT2D eigenvalue weighted by atomic mass is 9.97. The molecule has 0 bridgehead atoms. The summed E-state index contributed by atoms with van der Waals surface area (Å²) in [7, 11) is 0. The minimum absolute atomic E-state index is 0. The number of halogens is 3. The third kappa shape index (κ3) is 7.02. The second-order valence-electron chi connectivity index (χ2n) is 7.58. The maximum absolute atomic E-state index is 13.4. The van der Waals surface area contributed by atoms with Crippen LogP contribution in [-0.2, 0) is 12.8 Å². The molecule has 0 aliphatic rings. The van der Waals surface area contributed by atoms with Crippen molar-refractivity contribution in [3.8, 4) is 0 Å². The number of pyridine rings is 1. The third-order valence-electron chi connectivity index (χ3n) is 3.98. The third-order valence-corrected chi connectivity index (χ3v) is 4.35. The maximum atomic E-state index is 13.4. The fraction of sp³-hybridized carbons (Fsp3) is 0.400. The van der Waals surface area contributed by atoms with Crippen LogP contribution in [0.25, 0.3) is 0 Å². The molecule has 0 saturated carbocycles. The smallest absolute Gasteiger partial charge is 0.253 e. The number of benzene rings is 1. The average Bonchev–Trinajstić information content (AvgIpc) is 2.57. The van der Waals surface area contributed by atoms with Crippen molar-refractivity contribution in [3.63, 3.8) is 0 Å². The van der Waals surface area contributed by atoms with Gasteiger partial charge in [-0.1, -0.05) is 11.6 Å². The summed E-state index contributed by atoms with van der Waals surface area (Å²) in [5.41, 5.74) is 7.05. The number of aliphatic hydroxyl groups is 1. The van der Waals surface area contributed by atoms with Gasteiger partial charge in [0.1, 0.15) is 5.82 Å². The molecule has 1 aromatic carbocycles. The number of carbonyl (C=O) groups excluding carboxylic acids is 1. The molecular weight excluding hydrogens is 404 g/mol. The van der Waals surface area contributed by atoms with Crippen LogP contribution in [0.4, 0.5) is 4.39 Å². The zero-order chi connectivity index (χ0) is 20.2. The van der Waals surface area contributed by atoms with Crippen molar-refractivity contribution in [2.45, 2.75) is 51.3 Å². The molecule has 28 heavy (non-hydrogen) atoms. The van der Waals surface area contributed by atoms with E-state index in [9.17, 15) is 14.3 Å². The van der Waals surface area contributed by atoms with E-state index in [0.717, 1.165) is 0 Å². The fourth-order valence-corrected chi connectivity index (χ4v) is 2.85. The van der Waals surface area contributed by atoms with Gasteiger partial charge >= 0.3 is 0 Å². The Morgan fingerprint density at radius 1 is 1.32 bits per heavy atom. The Kier molecular flexibility index (Phi) is 8.82. The van der Waals surface area contributed by atoms with Crippen molar-refractivity contribution in [2.75, 3.05) is 0 Å². The van der Waals surface area contributed by atoms with Gasteiger partial charge in [-0.05, 0) is 63.1 Å². The van der Waals surface area contributed by atoms with Crippen LogP contribution in [0.1, 0.15) is 42.4 Å². The number of nitrogens with zero attached hydrogens (tertiary/aromatic N) is 1. The number of hydrogen-bond acceptors (Lipinski definition) is 4. The van der Waals surface area contributed by atoms with Crippen LogP contribution in [0.2, 0.25) is 5.02 Å². The number of carbonyl (C=O) groups is 1. The molecule has 2 aromatic rings. The Labute approximate surface area is 175 Å². The second-order valence-corrected chi connectivity index (χ2v) is 7.98. The number of nitrogens with one attached hydrogen (secondary N) is 1. The molecule has 2 atom stereocenters. The number of nitrogens with two attached hydrogens (primary N) is 1. The predicted molar refractivity (Wildman–Crippen MR) is 112 cm³/mol.